The van der Waals surface area contributed by atoms with Crippen molar-refractivity contribution in [2.24, 2.45) is 0 Å². The summed E-state index contributed by atoms with van der Waals surface area (Å²) < 4.78 is 7.62. The Labute approximate surface area is 141 Å². The van der Waals surface area contributed by atoms with Gasteiger partial charge in [0.2, 0.25) is 5.51 Å². The van der Waals surface area contributed by atoms with E-state index in [0.717, 1.165) is 12.0 Å². The monoisotopic (exact) mass is 340 g/mol. The van der Waals surface area contributed by atoms with Crippen molar-refractivity contribution in [2.75, 3.05) is 18.9 Å². The van der Waals surface area contributed by atoms with Gasteiger partial charge in [0.25, 0.3) is 0 Å². The molecule has 0 atom stereocenters. The lowest BCUT2D eigenvalue weighted by Crippen LogP contribution is -3.00. The molecule has 0 unspecified atom stereocenters. The molecule has 2 rings (SSSR count). The van der Waals surface area contributed by atoms with E-state index in [1.165, 1.54) is 10.6 Å². The van der Waals surface area contributed by atoms with Crippen LogP contribution in [-0.4, -0.2) is 23.2 Å². The summed E-state index contributed by atoms with van der Waals surface area (Å²) in [6.07, 6.45) is 4.48. The molecule has 0 amide bonds. The van der Waals surface area contributed by atoms with Crippen LogP contribution in [0.2, 0.25) is 0 Å². The summed E-state index contributed by atoms with van der Waals surface area (Å²) in [5.74, 6) is 1.25. The highest BCUT2D eigenvalue weighted by molar-refractivity contribution is 7.09. The minimum atomic E-state index is 0. The summed E-state index contributed by atoms with van der Waals surface area (Å²) in [5, 5.41) is 0. The van der Waals surface area contributed by atoms with E-state index in [0.29, 0.717) is 31.4 Å². The molecule has 0 aromatic carbocycles. The minimum Gasteiger partial charge on any atom is -1.00 e. The molecule has 2 N–H and O–H groups in total. The minimum absolute atomic E-state index is 0. The van der Waals surface area contributed by atoms with Gasteiger partial charge >= 0.3 is 0 Å². The molecule has 0 aliphatic rings. The van der Waals surface area contributed by atoms with E-state index in [1.807, 2.05) is 6.92 Å². The Bertz CT molecular complexity index is 630. The molecule has 0 aliphatic heterocycles. The van der Waals surface area contributed by atoms with Crippen LogP contribution in [0.25, 0.3) is 0 Å². The SMILES string of the molecule is C=CCOCCc1sc[n+](Cc2cnc(C)nc2N)c1C.[Cl-]. The van der Waals surface area contributed by atoms with E-state index >= 15 is 0 Å². The van der Waals surface area contributed by atoms with E-state index < -0.39 is 0 Å². The highest BCUT2D eigenvalue weighted by Crippen LogP contribution is 2.14. The van der Waals surface area contributed by atoms with Crippen molar-refractivity contribution >= 4 is 17.2 Å². The maximum absolute atomic E-state index is 5.95. The molecular weight excluding hydrogens is 320 g/mol. The van der Waals surface area contributed by atoms with Crippen molar-refractivity contribution in [2.45, 2.75) is 26.8 Å². The number of aryl methyl sites for hydroxylation is 1. The predicted molar refractivity (Wildman–Crippen MR) is 84.3 cm³/mol. The van der Waals surface area contributed by atoms with E-state index in [4.69, 9.17) is 10.5 Å². The Balaban J connectivity index is 0.00000242. The van der Waals surface area contributed by atoms with Crippen LogP contribution in [0.3, 0.4) is 0 Å². The zero-order valence-corrected chi connectivity index (χ0v) is 14.5. The van der Waals surface area contributed by atoms with Crippen molar-refractivity contribution < 1.29 is 21.7 Å². The number of nitrogens with zero attached hydrogens (tertiary/aromatic N) is 3. The molecule has 2 aromatic heterocycles. The second-order valence-electron chi connectivity index (χ2n) is 4.80. The quantitative estimate of drug-likeness (QED) is 0.391. The molecule has 0 fully saturated rings. The number of nitrogen functional groups attached to an aromatic ring is 1. The van der Waals surface area contributed by atoms with Crippen molar-refractivity contribution in [3.63, 3.8) is 0 Å². The summed E-state index contributed by atoms with van der Waals surface area (Å²) in [6, 6.07) is 0. The Hall–Kier alpha value is -1.50. The first-order valence-corrected chi connectivity index (χ1v) is 7.72. The standard InChI is InChI=1S/C15H21N4OS.ClH/c1-4-6-20-7-5-14-11(2)19(10-21-14)9-13-8-17-12(3)18-15(13)16;/h4,8,10H,1,5-7,9H2,2-3H3,(H2,16,17,18);1H/q+1;/p-1. The molecule has 0 radical (unpaired) electrons. The Morgan fingerprint density at radius 2 is 2.23 bits per heavy atom. The number of halogens is 1. The van der Waals surface area contributed by atoms with Gasteiger partial charge in [0, 0.05) is 19.5 Å². The van der Waals surface area contributed by atoms with Gasteiger partial charge in [-0.25, -0.2) is 9.97 Å². The number of nitrogens with two attached hydrogens (primary N) is 1. The average Bonchev–Trinajstić information content (AvgIpc) is 2.79. The predicted octanol–water partition coefficient (Wildman–Crippen LogP) is -1.18. The van der Waals surface area contributed by atoms with Gasteiger partial charge in [-0.15, -0.1) is 6.58 Å². The van der Waals surface area contributed by atoms with Gasteiger partial charge in [0.15, 0.2) is 12.2 Å². The lowest BCUT2D eigenvalue weighted by Gasteiger charge is -2.02. The van der Waals surface area contributed by atoms with Crippen molar-refractivity contribution in [3.8, 4) is 0 Å². The number of hydrogen-bond donors (Lipinski definition) is 1. The summed E-state index contributed by atoms with van der Waals surface area (Å²) in [7, 11) is 0. The van der Waals surface area contributed by atoms with Gasteiger partial charge in [-0.3, -0.25) is 0 Å². The fourth-order valence-corrected chi connectivity index (χ4v) is 2.97. The molecule has 5 nitrogen and oxygen atoms in total. The Morgan fingerprint density at radius 3 is 2.91 bits per heavy atom. The topological polar surface area (TPSA) is 64.9 Å². The molecule has 2 aromatic rings. The first kappa shape index (κ1) is 18.5. The van der Waals surface area contributed by atoms with Gasteiger partial charge in [-0.05, 0) is 6.92 Å². The first-order chi connectivity index (χ1) is 10.1. The zero-order valence-electron chi connectivity index (χ0n) is 12.9. The van der Waals surface area contributed by atoms with Crippen LogP contribution in [0, 0.1) is 13.8 Å². The smallest absolute Gasteiger partial charge is 0.225 e. The second kappa shape index (κ2) is 8.82. The van der Waals surface area contributed by atoms with Crippen LogP contribution >= 0.6 is 11.3 Å². The third-order valence-electron chi connectivity index (χ3n) is 3.22. The van der Waals surface area contributed by atoms with Crippen LogP contribution in [-0.2, 0) is 17.7 Å². The molecule has 0 spiro atoms. The molecule has 120 valence electrons. The summed E-state index contributed by atoms with van der Waals surface area (Å²) in [5.41, 5.74) is 10.2. The molecule has 0 bridgehead atoms. The third-order valence-corrected chi connectivity index (χ3v) is 4.37. The molecule has 7 heteroatoms. The van der Waals surface area contributed by atoms with Gasteiger partial charge in [0.05, 0.1) is 23.7 Å². The van der Waals surface area contributed by atoms with Gasteiger partial charge in [-0.1, -0.05) is 17.4 Å². The maximum Gasteiger partial charge on any atom is 0.225 e. The molecule has 22 heavy (non-hydrogen) atoms. The van der Waals surface area contributed by atoms with Crippen LogP contribution in [0.1, 0.15) is 22.0 Å². The summed E-state index contributed by atoms with van der Waals surface area (Å²) >= 11 is 1.74. The fraction of sp³-hybridized carbons (Fsp3) is 0.400. The van der Waals surface area contributed by atoms with E-state index in [9.17, 15) is 0 Å². The molecule has 0 saturated heterocycles. The van der Waals surface area contributed by atoms with Crippen LogP contribution in [0.4, 0.5) is 5.82 Å². The first-order valence-electron chi connectivity index (χ1n) is 6.85. The summed E-state index contributed by atoms with van der Waals surface area (Å²) in [6.45, 7) is 9.60. The van der Waals surface area contributed by atoms with E-state index in [2.05, 4.69) is 33.5 Å². The maximum atomic E-state index is 5.95. The van der Waals surface area contributed by atoms with Crippen LogP contribution in [0.5, 0.6) is 0 Å². The second-order valence-corrected chi connectivity index (χ2v) is 5.74. The normalized spacial score (nSPS) is 10.3. The lowest BCUT2D eigenvalue weighted by atomic mass is 10.2. The van der Waals surface area contributed by atoms with Crippen molar-refractivity contribution in [1.82, 2.24) is 9.97 Å². The Morgan fingerprint density at radius 1 is 1.45 bits per heavy atom. The Kier molecular flexibility index (Phi) is 7.44. The van der Waals surface area contributed by atoms with Gasteiger partial charge < -0.3 is 22.9 Å². The highest BCUT2D eigenvalue weighted by Gasteiger charge is 2.17. The summed E-state index contributed by atoms with van der Waals surface area (Å²) in [4.78, 5) is 9.74. The third kappa shape index (κ3) is 4.76. The fourth-order valence-electron chi connectivity index (χ4n) is 2.00. The zero-order chi connectivity index (χ0) is 15.2. The van der Waals surface area contributed by atoms with E-state index in [-0.39, 0.29) is 12.4 Å². The lowest BCUT2D eigenvalue weighted by molar-refractivity contribution is -0.689. The van der Waals surface area contributed by atoms with Crippen molar-refractivity contribution in [1.29, 1.82) is 0 Å². The van der Waals surface area contributed by atoms with E-state index in [1.54, 1.807) is 23.6 Å². The van der Waals surface area contributed by atoms with Gasteiger partial charge in [-0.2, -0.15) is 4.57 Å². The van der Waals surface area contributed by atoms with Crippen molar-refractivity contribution in [3.05, 3.63) is 46.3 Å². The highest BCUT2D eigenvalue weighted by atomic mass is 35.5. The average molecular weight is 341 g/mol. The molecule has 2 heterocycles. The molecule has 0 saturated carbocycles. The number of rotatable bonds is 7. The van der Waals surface area contributed by atoms with Gasteiger partial charge in [0.1, 0.15) is 11.6 Å². The van der Waals surface area contributed by atoms with Crippen LogP contribution in [0.15, 0.2) is 24.4 Å². The number of ether oxygens (including phenoxy) is 1. The number of thiazole rings is 1. The van der Waals surface area contributed by atoms with Crippen LogP contribution < -0.4 is 22.7 Å². The largest absolute Gasteiger partial charge is 1.00 e. The number of hydrogen-bond acceptors (Lipinski definition) is 5. The number of aromatic nitrogens is 3. The molecule has 0 aliphatic carbocycles. The molecular formula is C15H21ClN4OS. The number of anilines is 1.